The zero-order valence-corrected chi connectivity index (χ0v) is 20.2. The maximum absolute atomic E-state index is 12.2. The molecule has 1 saturated heterocycles. The number of amides is 1. The molecule has 1 aromatic heterocycles. The molecular formula is C25H39ClN4O2. The van der Waals surface area contributed by atoms with Crippen LogP contribution in [-0.2, 0) is 17.8 Å². The number of unbranched alkanes of at least 4 members (excludes halogenated alkanes) is 7. The molecule has 0 unspecified atom stereocenters. The van der Waals surface area contributed by atoms with Crippen LogP contribution in [0.15, 0.2) is 28.8 Å². The van der Waals surface area contributed by atoms with Crippen LogP contribution in [-0.4, -0.2) is 28.6 Å². The highest BCUT2D eigenvalue weighted by molar-refractivity contribution is 5.85. The number of carbonyl (C=O) groups excluding carboxylic acids is 1. The molecule has 2 aromatic rings. The lowest BCUT2D eigenvalue weighted by molar-refractivity contribution is -0.123. The fraction of sp³-hybridized carbons (Fsp3) is 0.640. The minimum absolute atomic E-state index is 0. The van der Waals surface area contributed by atoms with Crippen molar-refractivity contribution >= 4 is 18.3 Å². The Labute approximate surface area is 198 Å². The van der Waals surface area contributed by atoms with Gasteiger partial charge in [0.15, 0.2) is 0 Å². The van der Waals surface area contributed by atoms with Crippen molar-refractivity contribution < 1.29 is 9.32 Å². The second-order valence-electron chi connectivity index (χ2n) is 8.65. The highest BCUT2D eigenvalue weighted by Crippen LogP contribution is 2.18. The highest BCUT2D eigenvalue weighted by Gasteiger charge is 2.20. The summed E-state index contributed by atoms with van der Waals surface area (Å²) < 4.78 is 5.32. The molecule has 0 bridgehead atoms. The molecule has 1 amide bonds. The Morgan fingerprint density at radius 2 is 1.78 bits per heavy atom. The summed E-state index contributed by atoms with van der Waals surface area (Å²) >= 11 is 0. The maximum Gasteiger partial charge on any atom is 0.246 e. The normalized spacial score (nSPS) is 15.8. The van der Waals surface area contributed by atoms with Crippen LogP contribution in [0.3, 0.4) is 0 Å². The molecule has 178 valence electrons. The van der Waals surface area contributed by atoms with Crippen LogP contribution in [0.2, 0.25) is 0 Å². The van der Waals surface area contributed by atoms with Crippen LogP contribution >= 0.6 is 12.4 Å². The zero-order valence-electron chi connectivity index (χ0n) is 19.4. The number of piperidine rings is 1. The number of carbonyl (C=O) groups is 1. The summed E-state index contributed by atoms with van der Waals surface area (Å²) in [5.41, 5.74) is 2.29. The van der Waals surface area contributed by atoms with E-state index in [4.69, 9.17) is 4.52 Å². The van der Waals surface area contributed by atoms with Crippen LogP contribution in [0.1, 0.15) is 89.0 Å². The Kier molecular flexibility index (Phi) is 12.4. The number of nitrogens with zero attached hydrogens (tertiary/aromatic N) is 2. The van der Waals surface area contributed by atoms with E-state index in [0.29, 0.717) is 11.7 Å². The lowest BCUT2D eigenvalue weighted by atomic mass is 10.0. The van der Waals surface area contributed by atoms with Gasteiger partial charge in [-0.3, -0.25) is 4.79 Å². The van der Waals surface area contributed by atoms with Crippen molar-refractivity contribution in [2.45, 2.75) is 96.6 Å². The van der Waals surface area contributed by atoms with E-state index in [2.05, 4.69) is 52.0 Å². The first-order chi connectivity index (χ1) is 15.3. The number of aryl methyl sites for hydroxylation is 1. The zero-order chi connectivity index (χ0) is 21.7. The molecule has 0 spiro atoms. The fourth-order valence-electron chi connectivity index (χ4n) is 4.09. The van der Waals surface area contributed by atoms with Gasteiger partial charge in [-0.15, -0.1) is 12.4 Å². The fourth-order valence-corrected chi connectivity index (χ4v) is 4.09. The van der Waals surface area contributed by atoms with E-state index < -0.39 is 0 Å². The molecule has 32 heavy (non-hydrogen) atoms. The summed E-state index contributed by atoms with van der Waals surface area (Å²) in [6.45, 7) is 3.43. The quantitative estimate of drug-likeness (QED) is 0.379. The molecule has 0 saturated carbocycles. The molecule has 1 aliphatic rings. The summed E-state index contributed by atoms with van der Waals surface area (Å²) in [6, 6.07) is 8.31. The number of nitrogens with one attached hydrogen (secondary N) is 2. The van der Waals surface area contributed by atoms with Gasteiger partial charge in [-0.25, -0.2) is 0 Å². The number of hydrogen-bond donors (Lipinski definition) is 2. The summed E-state index contributed by atoms with van der Waals surface area (Å²) in [6.07, 6.45) is 15.0. The van der Waals surface area contributed by atoms with Gasteiger partial charge in [0.05, 0.1) is 12.6 Å². The van der Waals surface area contributed by atoms with Crippen molar-refractivity contribution in [3.05, 3.63) is 35.7 Å². The second kappa shape index (κ2) is 15.0. The molecule has 3 rings (SSSR count). The largest absolute Gasteiger partial charge is 0.346 e. The first-order valence-electron chi connectivity index (χ1n) is 12.2. The Morgan fingerprint density at radius 3 is 2.47 bits per heavy atom. The van der Waals surface area contributed by atoms with E-state index >= 15 is 0 Å². The first-order valence-corrected chi connectivity index (χ1v) is 12.2. The van der Waals surface area contributed by atoms with Gasteiger partial charge in [-0.1, -0.05) is 87.7 Å². The van der Waals surface area contributed by atoms with Gasteiger partial charge in [-0.05, 0) is 37.8 Å². The Balaban J connectivity index is 0.00000363. The van der Waals surface area contributed by atoms with Crippen LogP contribution in [0.25, 0.3) is 11.4 Å². The van der Waals surface area contributed by atoms with Crippen molar-refractivity contribution in [1.29, 1.82) is 0 Å². The van der Waals surface area contributed by atoms with Crippen LogP contribution in [0.5, 0.6) is 0 Å². The molecule has 7 heteroatoms. The van der Waals surface area contributed by atoms with Gasteiger partial charge >= 0.3 is 0 Å². The average molecular weight is 463 g/mol. The number of halogens is 1. The number of benzene rings is 1. The molecule has 1 fully saturated rings. The van der Waals surface area contributed by atoms with Gasteiger partial charge in [-0.2, -0.15) is 4.98 Å². The van der Waals surface area contributed by atoms with E-state index in [1.165, 1.54) is 56.9 Å². The monoisotopic (exact) mass is 462 g/mol. The Hall–Kier alpha value is -1.92. The smallest absolute Gasteiger partial charge is 0.246 e. The summed E-state index contributed by atoms with van der Waals surface area (Å²) in [5.74, 6) is 1.01. The van der Waals surface area contributed by atoms with Gasteiger partial charge in [0.25, 0.3) is 0 Å². The molecule has 1 aromatic carbocycles. The third kappa shape index (κ3) is 8.91. The third-order valence-electron chi connectivity index (χ3n) is 6.04. The van der Waals surface area contributed by atoms with Crippen molar-refractivity contribution in [2.75, 3.05) is 6.54 Å². The van der Waals surface area contributed by atoms with Gasteiger partial charge in [0, 0.05) is 5.56 Å². The van der Waals surface area contributed by atoms with E-state index in [0.717, 1.165) is 37.8 Å². The minimum atomic E-state index is -0.107. The van der Waals surface area contributed by atoms with Crippen LogP contribution in [0, 0.1) is 0 Å². The lowest BCUT2D eigenvalue weighted by Gasteiger charge is -2.22. The lowest BCUT2D eigenvalue weighted by Crippen LogP contribution is -2.46. The predicted octanol–water partition coefficient (Wildman–Crippen LogP) is 5.60. The van der Waals surface area contributed by atoms with E-state index in [9.17, 15) is 4.79 Å². The number of aromatic nitrogens is 2. The van der Waals surface area contributed by atoms with Crippen molar-refractivity contribution in [3.8, 4) is 11.4 Å². The summed E-state index contributed by atoms with van der Waals surface area (Å²) in [7, 11) is 0. The molecule has 6 nitrogen and oxygen atoms in total. The van der Waals surface area contributed by atoms with E-state index in [1.54, 1.807) is 0 Å². The molecule has 1 aliphatic heterocycles. The summed E-state index contributed by atoms with van der Waals surface area (Å²) in [5, 5.41) is 10.2. The van der Waals surface area contributed by atoms with Crippen LogP contribution < -0.4 is 10.6 Å². The SMILES string of the molecule is CCCCCCCCCCc1ccc(-c2noc(CNC(=O)[C@H]3CCCCN3)n2)cc1.Cl. The highest BCUT2D eigenvalue weighted by atomic mass is 35.5. The van der Waals surface area contributed by atoms with Gasteiger partial charge < -0.3 is 15.2 Å². The average Bonchev–Trinajstić information content (AvgIpc) is 3.29. The second-order valence-corrected chi connectivity index (χ2v) is 8.65. The number of rotatable bonds is 13. The molecule has 2 heterocycles. The van der Waals surface area contributed by atoms with Gasteiger partial charge in [0.2, 0.25) is 17.6 Å². The van der Waals surface area contributed by atoms with Crippen LogP contribution in [0.4, 0.5) is 0 Å². The van der Waals surface area contributed by atoms with Crippen molar-refractivity contribution in [3.63, 3.8) is 0 Å². The topological polar surface area (TPSA) is 80.0 Å². The Morgan fingerprint density at radius 1 is 1.06 bits per heavy atom. The predicted molar refractivity (Wildman–Crippen MR) is 131 cm³/mol. The molecule has 1 atom stereocenters. The minimum Gasteiger partial charge on any atom is -0.346 e. The molecular weight excluding hydrogens is 424 g/mol. The molecule has 0 aliphatic carbocycles. The molecule has 0 radical (unpaired) electrons. The van der Waals surface area contributed by atoms with Gasteiger partial charge in [0.1, 0.15) is 0 Å². The molecule has 2 N–H and O–H groups in total. The first kappa shape index (κ1) is 26.3. The summed E-state index contributed by atoms with van der Waals surface area (Å²) in [4.78, 5) is 16.6. The van der Waals surface area contributed by atoms with Crippen molar-refractivity contribution in [1.82, 2.24) is 20.8 Å². The van der Waals surface area contributed by atoms with E-state index in [-0.39, 0.29) is 30.9 Å². The maximum atomic E-state index is 12.2. The Bertz CT molecular complexity index is 773. The van der Waals surface area contributed by atoms with Crippen molar-refractivity contribution in [2.24, 2.45) is 0 Å². The standard InChI is InChI=1S/C25H38N4O2.ClH/c1-2-3-4-5-6-7-8-9-12-20-14-16-21(17-15-20)24-28-23(31-29-24)19-27-25(30)22-13-10-11-18-26-22;/h14-17,22,26H,2-13,18-19H2,1H3,(H,27,30);1H/t22-;/m1./s1. The third-order valence-corrected chi connectivity index (χ3v) is 6.04. The van der Waals surface area contributed by atoms with E-state index in [1.807, 2.05) is 0 Å². The number of hydrogen-bond acceptors (Lipinski definition) is 5.